The molecule has 1 unspecified atom stereocenters. The predicted molar refractivity (Wildman–Crippen MR) is 65.6 cm³/mol. The van der Waals surface area contributed by atoms with E-state index in [-0.39, 0.29) is 23.5 Å². The summed E-state index contributed by atoms with van der Waals surface area (Å²) in [5, 5.41) is 11.5. The molecule has 1 atom stereocenters. The molecule has 1 amide bonds. The maximum absolute atomic E-state index is 11.7. The van der Waals surface area contributed by atoms with E-state index >= 15 is 0 Å². The van der Waals surface area contributed by atoms with Gasteiger partial charge in [-0.15, -0.1) is 0 Å². The van der Waals surface area contributed by atoms with Crippen molar-refractivity contribution in [2.45, 2.75) is 19.4 Å². The number of amides is 1. The minimum Gasteiger partial charge on any atom is -0.475 e. The van der Waals surface area contributed by atoms with Crippen molar-refractivity contribution in [1.82, 2.24) is 5.32 Å². The van der Waals surface area contributed by atoms with Gasteiger partial charge in [0.15, 0.2) is 5.76 Å². The molecule has 0 bridgehead atoms. The molecule has 6 heteroatoms. The zero-order chi connectivity index (χ0) is 12.8. The Morgan fingerprint density at radius 2 is 2.12 bits per heavy atom. The number of carbonyl (C=O) groups is 2. The van der Waals surface area contributed by atoms with Crippen LogP contribution in [-0.4, -0.2) is 35.0 Å². The van der Waals surface area contributed by atoms with E-state index in [1.165, 1.54) is 12.1 Å². The minimum absolute atomic E-state index is 0.0296. The Morgan fingerprint density at radius 3 is 2.59 bits per heavy atom. The van der Waals surface area contributed by atoms with Gasteiger partial charge < -0.3 is 14.8 Å². The fourth-order valence-corrected chi connectivity index (χ4v) is 2.02. The summed E-state index contributed by atoms with van der Waals surface area (Å²) in [6.45, 7) is 1.98. The molecule has 5 nitrogen and oxygen atoms in total. The fraction of sp³-hybridized carbons (Fsp3) is 0.455. The average molecular weight is 257 g/mol. The molecule has 17 heavy (non-hydrogen) atoms. The van der Waals surface area contributed by atoms with Crippen molar-refractivity contribution in [3.05, 3.63) is 23.7 Å². The molecular formula is C11H15NO4S. The standard InChI is InChI=1S/C11H15NO4S/c1-3-7(6-17-2)12-10(13)8-4-5-9(16-8)11(14)15/h4-5,7H,3,6H2,1-2H3,(H,12,13)(H,14,15). The van der Waals surface area contributed by atoms with Crippen LogP contribution in [0, 0.1) is 0 Å². The summed E-state index contributed by atoms with van der Waals surface area (Å²) >= 11 is 1.64. The van der Waals surface area contributed by atoms with Gasteiger partial charge in [-0.2, -0.15) is 11.8 Å². The fourth-order valence-electron chi connectivity index (χ4n) is 1.29. The van der Waals surface area contributed by atoms with Crippen molar-refractivity contribution in [2.75, 3.05) is 12.0 Å². The maximum atomic E-state index is 11.7. The lowest BCUT2D eigenvalue weighted by Crippen LogP contribution is -2.35. The van der Waals surface area contributed by atoms with E-state index in [9.17, 15) is 9.59 Å². The number of thioether (sulfide) groups is 1. The number of carboxylic acid groups (broad SMARTS) is 1. The van der Waals surface area contributed by atoms with Gasteiger partial charge in [0.05, 0.1) is 0 Å². The highest BCUT2D eigenvalue weighted by Crippen LogP contribution is 2.09. The van der Waals surface area contributed by atoms with Crippen molar-refractivity contribution >= 4 is 23.6 Å². The second kappa shape index (κ2) is 6.34. The molecule has 1 aromatic rings. The maximum Gasteiger partial charge on any atom is 0.371 e. The van der Waals surface area contributed by atoms with Gasteiger partial charge in [0.2, 0.25) is 5.76 Å². The zero-order valence-corrected chi connectivity index (χ0v) is 10.5. The molecule has 0 spiro atoms. The van der Waals surface area contributed by atoms with E-state index in [1.807, 2.05) is 13.2 Å². The largest absolute Gasteiger partial charge is 0.475 e. The summed E-state index contributed by atoms with van der Waals surface area (Å²) in [6, 6.07) is 2.70. The third kappa shape index (κ3) is 3.81. The molecule has 1 rings (SSSR count). The number of nitrogens with one attached hydrogen (secondary N) is 1. The number of carbonyl (C=O) groups excluding carboxylic acids is 1. The summed E-state index contributed by atoms with van der Waals surface area (Å²) in [5.41, 5.74) is 0. The van der Waals surface area contributed by atoms with Crippen molar-refractivity contribution < 1.29 is 19.1 Å². The Morgan fingerprint density at radius 1 is 1.47 bits per heavy atom. The van der Waals surface area contributed by atoms with Gasteiger partial charge in [0, 0.05) is 11.8 Å². The summed E-state index contributed by atoms with van der Waals surface area (Å²) in [7, 11) is 0. The van der Waals surface area contributed by atoms with Crippen LogP contribution in [-0.2, 0) is 0 Å². The van der Waals surface area contributed by atoms with Gasteiger partial charge >= 0.3 is 5.97 Å². The van der Waals surface area contributed by atoms with Crippen LogP contribution in [0.5, 0.6) is 0 Å². The van der Waals surface area contributed by atoms with E-state index in [1.54, 1.807) is 11.8 Å². The summed E-state index contributed by atoms with van der Waals surface area (Å²) in [5.74, 6) is -0.942. The number of carboxylic acids is 1. The Balaban J connectivity index is 2.65. The molecule has 94 valence electrons. The third-order valence-corrected chi connectivity index (χ3v) is 2.97. The molecule has 1 heterocycles. The zero-order valence-electron chi connectivity index (χ0n) is 9.73. The van der Waals surface area contributed by atoms with E-state index in [0.29, 0.717) is 0 Å². The minimum atomic E-state index is -1.18. The van der Waals surface area contributed by atoms with Crippen LogP contribution in [0.15, 0.2) is 16.5 Å². The first-order chi connectivity index (χ1) is 8.08. The molecule has 0 aliphatic heterocycles. The predicted octanol–water partition coefficient (Wildman–Crippen LogP) is 1.85. The molecule has 0 aliphatic carbocycles. The van der Waals surface area contributed by atoms with Gasteiger partial charge in [-0.05, 0) is 24.8 Å². The highest BCUT2D eigenvalue weighted by molar-refractivity contribution is 7.98. The van der Waals surface area contributed by atoms with Gasteiger partial charge in [0.1, 0.15) is 0 Å². The highest BCUT2D eigenvalue weighted by atomic mass is 32.2. The van der Waals surface area contributed by atoms with Crippen molar-refractivity contribution in [3.63, 3.8) is 0 Å². The molecule has 0 radical (unpaired) electrons. The molecule has 0 aromatic carbocycles. The average Bonchev–Trinajstić information content (AvgIpc) is 2.77. The lowest BCUT2D eigenvalue weighted by molar-refractivity contribution is 0.0659. The van der Waals surface area contributed by atoms with Crippen molar-refractivity contribution in [1.29, 1.82) is 0 Å². The highest BCUT2D eigenvalue weighted by Gasteiger charge is 2.17. The lowest BCUT2D eigenvalue weighted by atomic mass is 10.2. The van der Waals surface area contributed by atoms with Crippen molar-refractivity contribution in [3.8, 4) is 0 Å². The normalized spacial score (nSPS) is 12.1. The summed E-state index contributed by atoms with van der Waals surface area (Å²) in [4.78, 5) is 22.3. The second-order valence-electron chi connectivity index (χ2n) is 3.50. The Kier molecular flexibility index (Phi) is 5.09. The Hall–Kier alpha value is -1.43. The molecule has 2 N–H and O–H groups in total. The molecule has 1 aromatic heterocycles. The number of rotatable bonds is 6. The number of hydrogen-bond acceptors (Lipinski definition) is 4. The van der Waals surface area contributed by atoms with Gasteiger partial charge in [-0.3, -0.25) is 4.79 Å². The third-order valence-electron chi connectivity index (χ3n) is 2.24. The van der Waals surface area contributed by atoms with Crippen molar-refractivity contribution in [2.24, 2.45) is 0 Å². The first kappa shape index (κ1) is 13.6. The monoisotopic (exact) mass is 257 g/mol. The first-order valence-corrected chi connectivity index (χ1v) is 6.60. The molecule has 0 saturated carbocycles. The number of aromatic carboxylic acids is 1. The van der Waals surface area contributed by atoms with Gasteiger partial charge in [-0.1, -0.05) is 6.92 Å². The van der Waals surface area contributed by atoms with Crippen LogP contribution in [0.3, 0.4) is 0 Å². The van der Waals surface area contributed by atoms with Crippen LogP contribution in [0.1, 0.15) is 34.5 Å². The molecule has 0 fully saturated rings. The van der Waals surface area contributed by atoms with Crippen LogP contribution in [0.25, 0.3) is 0 Å². The summed E-state index contributed by atoms with van der Waals surface area (Å²) < 4.78 is 4.91. The topological polar surface area (TPSA) is 79.5 Å². The van der Waals surface area contributed by atoms with Crippen LogP contribution >= 0.6 is 11.8 Å². The SMILES string of the molecule is CCC(CSC)NC(=O)c1ccc(C(=O)O)o1. The number of hydrogen-bond donors (Lipinski definition) is 2. The smallest absolute Gasteiger partial charge is 0.371 e. The Bertz CT molecular complexity index is 402. The van der Waals surface area contributed by atoms with Crippen LogP contribution in [0.2, 0.25) is 0 Å². The van der Waals surface area contributed by atoms with E-state index in [2.05, 4.69) is 5.32 Å². The molecule has 0 saturated heterocycles. The summed E-state index contributed by atoms with van der Waals surface area (Å²) in [6.07, 6.45) is 2.78. The first-order valence-electron chi connectivity index (χ1n) is 5.21. The van der Waals surface area contributed by atoms with Crippen LogP contribution < -0.4 is 5.32 Å². The van der Waals surface area contributed by atoms with E-state index in [0.717, 1.165) is 12.2 Å². The molecular weight excluding hydrogens is 242 g/mol. The lowest BCUT2D eigenvalue weighted by Gasteiger charge is -2.14. The second-order valence-corrected chi connectivity index (χ2v) is 4.41. The number of furan rings is 1. The van der Waals surface area contributed by atoms with E-state index in [4.69, 9.17) is 9.52 Å². The van der Waals surface area contributed by atoms with Gasteiger partial charge in [0.25, 0.3) is 5.91 Å². The quantitative estimate of drug-likeness (QED) is 0.813. The van der Waals surface area contributed by atoms with E-state index < -0.39 is 5.97 Å². The van der Waals surface area contributed by atoms with Gasteiger partial charge in [-0.25, -0.2) is 4.79 Å². The van der Waals surface area contributed by atoms with Crippen LogP contribution in [0.4, 0.5) is 0 Å². The Labute approximate surface area is 104 Å². The molecule has 0 aliphatic rings.